The summed E-state index contributed by atoms with van der Waals surface area (Å²) in [5, 5.41) is 3.92. The predicted octanol–water partition coefficient (Wildman–Crippen LogP) is 6.13. The van der Waals surface area contributed by atoms with Crippen LogP contribution in [-0.4, -0.2) is 30.4 Å². The first-order valence-electron chi connectivity index (χ1n) is 12.7. The highest BCUT2D eigenvalue weighted by molar-refractivity contribution is 8.00. The minimum atomic E-state index is 0.253. The van der Waals surface area contributed by atoms with Gasteiger partial charge in [0.2, 0.25) is 0 Å². The summed E-state index contributed by atoms with van der Waals surface area (Å²) in [7, 11) is 1.71. The average Bonchev–Trinajstić information content (AvgIpc) is 3.07. The standard InChI is InChI=1S/C30H32N2O2S/c1-33-23-11-12-29-26(18-23)24(25-9-5-16-31-28(25)19-34-29)8-4-7-22-13-15-30(20-32-22)27-10-3-2-6-21(27)14-17-35-30/h2-3,5-6,8-12,16,18,22,32H,4,7,13-15,17,19-20H2,1H3/b24-8+. The van der Waals surface area contributed by atoms with Crippen LogP contribution in [0.15, 0.2) is 66.9 Å². The second-order valence-electron chi connectivity index (χ2n) is 9.71. The van der Waals surface area contributed by atoms with Crippen molar-refractivity contribution in [3.63, 3.8) is 0 Å². The van der Waals surface area contributed by atoms with Gasteiger partial charge in [-0.15, -0.1) is 11.8 Å². The number of nitrogens with zero attached hydrogens (tertiary/aromatic N) is 1. The molecule has 1 saturated heterocycles. The number of aromatic nitrogens is 1. The summed E-state index contributed by atoms with van der Waals surface area (Å²) in [5.41, 5.74) is 7.54. The van der Waals surface area contributed by atoms with Crippen molar-refractivity contribution in [2.24, 2.45) is 0 Å². The summed E-state index contributed by atoms with van der Waals surface area (Å²) in [6.45, 7) is 1.55. The maximum Gasteiger partial charge on any atom is 0.131 e. The van der Waals surface area contributed by atoms with Gasteiger partial charge >= 0.3 is 0 Å². The van der Waals surface area contributed by atoms with E-state index in [1.807, 2.05) is 24.4 Å². The number of hydrogen-bond acceptors (Lipinski definition) is 5. The van der Waals surface area contributed by atoms with Crippen LogP contribution in [0.5, 0.6) is 11.5 Å². The molecule has 0 radical (unpaired) electrons. The van der Waals surface area contributed by atoms with E-state index in [0.717, 1.165) is 47.7 Å². The number of ether oxygens (including phenoxy) is 2. The van der Waals surface area contributed by atoms with Crippen molar-refractivity contribution in [2.45, 2.75) is 49.5 Å². The van der Waals surface area contributed by atoms with Gasteiger partial charge in [-0.3, -0.25) is 4.98 Å². The third kappa shape index (κ3) is 4.36. The van der Waals surface area contributed by atoms with E-state index in [2.05, 4.69) is 64.5 Å². The Hall–Kier alpha value is -2.76. The van der Waals surface area contributed by atoms with E-state index in [4.69, 9.17) is 9.47 Å². The van der Waals surface area contributed by atoms with Gasteiger partial charge in [0.15, 0.2) is 0 Å². The van der Waals surface area contributed by atoms with Crippen LogP contribution in [0, 0.1) is 0 Å². The molecule has 2 unspecified atom stereocenters. The molecule has 6 rings (SSSR count). The molecule has 1 fully saturated rings. The van der Waals surface area contributed by atoms with Gasteiger partial charge in [-0.25, -0.2) is 0 Å². The van der Waals surface area contributed by atoms with Gasteiger partial charge in [0.05, 0.1) is 17.6 Å². The van der Waals surface area contributed by atoms with E-state index in [9.17, 15) is 0 Å². The zero-order valence-electron chi connectivity index (χ0n) is 20.3. The van der Waals surface area contributed by atoms with Gasteiger partial charge in [0, 0.05) is 29.9 Å². The molecule has 2 atom stereocenters. The molecule has 180 valence electrons. The molecule has 1 N–H and O–H groups in total. The summed E-state index contributed by atoms with van der Waals surface area (Å²) in [5.74, 6) is 2.96. The quantitative estimate of drug-likeness (QED) is 0.482. The zero-order chi connectivity index (χ0) is 23.7. The topological polar surface area (TPSA) is 43.4 Å². The van der Waals surface area contributed by atoms with Crippen molar-refractivity contribution >= 4 is 17.3 Å². The second kappa shape index (κ2) is 9.71. The number of hydrogen-bond donors (Lipinski definition) is 1. The molecule has 4 heterocycles. The second-order valence-corrected chi connectivity index (χ2v) is 11.2. The Bertz CT molecular complexity index is 1250. The van der Waals surface area contributed by atoms with Crippen molar-refractivity contribution in [1.82, 2.24) is 10.3 Å². The lowest BCUT2D eigenvalue weighted by atomic mass is 9.83. The fraction of sp³-hybridized carbons (Fsp3) is 0.367. The number of benzene rings is 2. The summed E-state index contributed by atoms with van der Waals surface area (Å²) >= 11 is 2.16. The van der Waals surface area contributed by atoms with E-state index in [1.165, 1.54) is 30.6 Å². The molecule has 0 saturated carbocycles. The number of fused-ring (bicyclic) bond motifs is 4. The molecule has 1 aromatic heterocycles. The van der Waals surface area contributed by atoms with Crippen molar-refractivity contribution < 1.29 is 9.47 Å². The maximum atomic E-state index is 6.12. The van der Waals surface area contributed by atoms with Crippen molar-refractivity contribution in [1.29, 1.82) is 0 Å². The molecule has 0 aliphatic carbocycles. The smallest absolute Gasteiger partial charge is 0.131 e. The largest absolute Gasteiger partial charge is 0.497 e. The monoisotopic (exact) mass is 484 g/mol. The average molecular weight is 485 g/mol. The van der Waals surface area contributed by atoms with Crippen molar-refractivity contribution in [3.05, 3.63) is 94.8 Å². The molecule has 0 amide bonds. The SMILES string of the molecule is COc1ccc2c(c1)/C(=C/CCC1CCC3(CN1)SCCc1ccccc13)c1cccnc1CO2. The Kier molecular flexibility index (Phi) is 6.29. The van der Waals surface area contributed by atoms with Gasteiger partial charge in [-0.1, -0.05) is 36.4 Å². The molecule has 0 bridgehead atoms. The molecule has 3 aromatic rings. The third-order valence-electron chi connectivity index (χ3n) is 7.72. The van der Waals surface area contributed by atoms with Gasteiger partial charge in [0.1, 0.15) is 18.1 Å². The molecule has 4 nitrogen and oxygen atoms in total. The van der Waals surface area contributed by atoms with E-state index in [0.29, 0.717) is 12.6 Å². The highest BCUT2D eigenvalue weighted by atomic mass is 32.2. The lowest BCUT2D eigenvalue weighted by Gasteiger charge is -2.44. The number of nitrogens with one attached hydrogen (secondary N) is 1. The van der Waals surface area contributed by atoms with Crippen molar-refractivity contribution in [2.75, 3.05) is 19.4 Å². The lowest BCUT2D eigenvalue weighted by Crippen LogP contribution is -2.48. The van der Waals surface area contributed by atoms with Gasteiger partial charge in [0.25, 0.3) is 0 Å². The van der Waals surface area contributed by atoms with Crippen LogP contribution in [0.3, 0.4) is 0 Å². The fourth-order valence-electron chi connectivity index (χ4n) is 5.83. The van der Waals surface area contributed by atoms with Crippen LogP contribution in [0.25, 0.3) is 5.57 Å². The number of rotatable bonds is 4. The molecular weight excluding hydrogens is 452 g/mol. The zero-order valence-corrected chi connectivity index (χ0v) is 21.1. The lowest BCUT2D eigenvalue weighted by molar-refractivity contribution is 0.302. The highest BCUT2D eigenvalue weighted by Gasteiger charge is 2.40. The Labute approximate surface area is 212 Å². The number of aryl methyl sites for hydroxylation is 1. The van der Waals surface area contributed by atoms with E-state index < -0.39 is 0 Å². The Morgan fingerprint density at radius 3 is 3.00 bits per heavy atom. The first kappa shape index (κ1) is 22.7. The summed E-state index contributed by atoms with van der Waals surface area (Å²) in [6.07, 6.45) is 10.0. The molecule has 1 spiro atoms. The molecule has 3 aliphatic heterocycles. The third-order valence-corrected chi connectivity index (χ3v) is 9.25. The van der Waals surface area contributed by atoms with Crippen LogP contribution in [0.4, 0.5) is 0 Å². The summed E-state index contributed by atoms with van der Waals surface area (Å²) < 4.78 is 11.9. The van der Waals surface area contributed by atoms with E-state index in [-0.39, 0.29) is 4.75 Å². The van der Waals surface area contributed by atoms with Gasteiger partial charge in [-0.2, -0.15) is 0 Å². The normalized spacial score (nSPS) is 24.1. The van der Waals surface area contributed by atoms with Crippen LogP contribution >= 0.6 is 11.8 Å². The van der Waals surface area contributed by atoms with Crippen LogP contribution in [0.2, 0.25) is 0 Å². The number of pyridine rings is 1. The Morgan fingerprint density at radius 1 is 1.17 bits per heavy atom. The minimum absolute atomic E-state index is 0.253. The predicted molar refractivity (Wildman–Crippen MR) is 143 cm³/mol. The number of allylic oxidation sites excluding steroid dienone is 1. The molecule has 2 aromatic carbocycles. The first-order valence-corrected chi connectivity index (χ1v) is 13.7. The minimum Gasteiger partial charge on any atom is -0.497 e. The maximum absolute atomic E-state index is 6.12. The van der Waals surface area contributed by atoms with Crippen LogP contribution in [0.1, 0.15) is 53.6 Å². The molecule has 3 aliphatic rings. The van der Waals surface area contributed by atoms with E-state index in [1.54, 1.807) is 18.2 Å². The fourth-order valence-corrected chi connectivity index (χ4v) is 7.35. The Balaban J connectivity index is 1.20. The van der Waals surface area contributed by atoms with Gasteiger partial charge in [-0.05, 0) is 78.8 Å². The molecular formula is C30H32N2O2S. The number of methoxy groups -OCH3 is 1. The molecule has 35 heavy (non-hydrogen) atoms. The van der Waals surface area contributed by atoms with E-state index >= 15 is 0 Å². The highest BCUT2D eigenvalue weighted by Crippen LogP contribution is 2.48. The Morgan fingerprint density at radius 2 is 2.11 bits per heavy atom. The summed E-state index contributed by atoms with van der Waals surface area (Å²) in [6, 6.07) is 19.9. The first-order chi connectivity index (χ1) is 17.3. The van der Waals surface area contributed by atoms with Crippen molar-refractivity contribution in [3.8, 4) is 11.5 Å². The number of thioether (sulfide) groups is 1. The van der Waals surface area contributed by atoms with Crippen LogP contribution in [-0.2, 0) is 17.8 Å². The number of piperidine rings is 1. The van der Waals surface area contributed by atoms with Crippen LogP contribution < -0.4 is 14.8 Å². The summed E-state index contributed by atoms with van der Waals surface area (Å²) in [4.78, 5) is 4.61. The molecule has 5 heteroatoms. The van der Waals surface area contributed by atoms with Gasteiger partial charge < -0.3 is 14.8 Å².